The number of hydrogen-bond donors (Lipinski definition) is 0. The molecule has 1 aliphatic heterocycles. The van der Waals surface area contributed by atoms with Crippen molar-refractivity contribution in [3.8, 4) is 5.88 Å². The van der Waals surface area contributed by atoms with E-state index in [-0.39, 0.29) is 12.2 Å². The number of nitrogens with zero attached hydrogens (tertiary/aromatic N) is 3. The SMILES string of the molecule is CCOc1cc(N2CC(C)OC(CBr)C2)nc(C)n1. The van der Waals surface area contributed by atoms with Gasteiger partial charge in [0.1, 0.15) is 11.6 Å². The maximum absolute atomic E-state index is 5.83. The van der Waals surface area contributed by atoms with Gasteiger partial charge in [-0.1, -0.05) is 15.9 Å². The zero-order chi connectivity index (χ0) is 13.8. The third kappa shape index (κ3) is 3.79. The van der Waals surface area contributed by atoms with Crippen molar-refractivity contribution >= 4 is 21.7 Å². The van der Waals surface area contributed by atoms with E-state index in [1.165, 1.54) is 0 Å². The third-order valence-corrected chi connectivity index (χ3v) is 3.64. The number of anilines is 1. The first kappa shape index (κ1) is 14.5. The van der Waals surface area contributed by atoms with Gasteiger partial charge in [0.25, 0.3) is 0 Å². The zero-order valence-corrected chi connectivity index (χ0v) is 13.2. The van der Waals surface area contributed by atoms with Crippen LogP contribution >= 0.6 is 15.9 Å². The Balaban J connectivity index is 2.20. The Morgan fingerprint density at radius 3 is 2.95 bits per heavy atom. The number of aromatic nitrogens is 2. The fraction of sp³-hybridized carbons (Fsp3) is 0.692. The first-order valence-corrected chi connectivity index (χ1v) is 7.69. The molecule has 0 aromatic carbocycles. The van der Waals surface area contributed by atoms with Gasteiger partial charge in [0, 0.05) is 24.5 Å². The quantitative estimate of drug-likeness (QED) is 0.792. The molecule has 5 nitrogen and oxygen atoms in total. The molecule has 0 aliphatic carbocycles. The molecule has 0 spiro atoms. The van der Waals surface area contributed by atoms with Gasteiger partial charge in [-0.25, -0.2) is 4.98 Å². The largest absolute Gasteiger partial charge is 0.478 e. The molecule has 0 amide bonds. The van der Waals surface area contributed by atoms with E-state index in [0.717, 1.165) is 30.1 Å². The highest BCUT2D eigenvalue weighted by molar-refractivity contribution is 9.09. The lowest BCUT2D eigenvalue weighted by Crippen LogP contribution is -2.47. The summed E-state index contributed by atoms with van der Waals surface area (Å²) in [5.74, 6) is 2.28. The zero-order valence-electron chi connectivity index (χ0n) is 11.6. The number of hydrogen-bond acceptors (Lipinski definition) is 5. The fourth-order valence-electron chi connectivity index (χ4n) is 2.23. The van der Waals surface area contributed by atoms with Crippen molar-refractivity contribution in [2.45, 2.75) is 33.0 Å². The smallest absolute Gasteiger partial charge is 0.218 e. The predicted molar refractivity (Wildman–Crippen MR) is 78.3 cm³/mol. The Labute approximate surface area is 122 Å². The van der Waals surface area contributed by atoms with Gasteiger partial charge in [-0.2, -0.15) is 4.98 Å². The number of rotatable bonds is 4. The van der Waals surface area contributed by atoms with Crippen LogP contribution in [0.25, 0.3) is 0 Å². The van der Waals surface area contributed by atoms with E-state index in [1.54, 1.807) is 0 Å². The van der Waals surface area contributed by atoms with Crippen LogP contribution in [0, 0.1) is 6.92 Å². The van der Waals surface area contributed by atoms with Gasteiger partial charge in [-0.15, -0.1) is 0 Å². The highest BCUT2D eigenvalue weighted by Gasteiger charge is 2.25. The van der Waals surface area contributed by atoms with Crippen LogP contribution in [0.4, 0.5) is 5.82 Å². The molecule has 2 rings (SSSR count). The second kappa shape index (κ2) is 6.52. The topological polar surface area (TPSA) is 47.5 Å². The van der Waals surface area contributed by atoms with E-state index in [4.69, 9.17) is 9.47 Å². The third-order valence-electron chi connectivity index (χ3n) is 2.92. The minimum atomic E-state index is 0.189. The van der Waals surface area contributed by atoms with Crippen molar-refractivity contribution in [3.63, 3.8) is 0 Å². The van der Waals surface area contributed by atoms with Crippen LogP contribution in [0.3, 0.4) is 0 Å². The normalized spacial score (nSPS) is 23.5. The fourth-order valence-corrected chi connectivity index (χ4v) is 2.58. The molecular formula is C13H20BrN3O2. The monoisotopic (exact) mass is 329 g/mol. The van der Waals surface area contributed by atoms with Crippen molar-refractivity contribution in [1.82, 2.24) is 9.97 Å². The van der Waals surface area contributed by atoms with Crippen molar-refractivity contribution in [2.24, 2.45) is 0 Å². The van der Waals surface area contributed by atoms with Gasteiger partial charge in [0.2, 0.25) is 5.88 Å². The molecule has 0 radical (unpaired) electrons. The number of halogens is 1. The van der Waals surface area contributed by atoms with Crippen molar-refractivity contribution < 1.29 is 9.47 Å². The van der Waals surface area contributed by atoms with Crippen LogP contribution in [-0.2, 0) is 4.74 Å². The summed E-state index contributed by atoms with van der Waals surface area (Å²) in [6, 6.07) is 1.90. The summed E-state index contributed by atoms with van der Waals surface area (Å²) < 4.78 is 11.3. The lowest BCUT2D eigenvalue weighted by molar-refractivity contribution is -0.00226. The molecule has 2 atom stereocenters. The predicted octanol–water partition coefficient (Wildman–Crippen LogP) is 2.17. The number of alkyl halides is 1. The maximum atomic E-state index is 5.83. The Morgan fingerprint density at radius 2 is 2.26 bits per heavy atom. The van der Waals surface area contributed by atoms with Gasteiger partial charge < -0.3 is 14.4 Å². The lowest BCUT2D eigenvalue weighted by Gasteiger charge is -2.37. The van der Waals surface area contributed by atoms with Crippen molar-refractivity contribution in [2.75, 3.05) is 29.9 Å². The van der Waals surface area contributed by atoms with E-state index in [2.05, 4.69) is 37.7 Å². The van der Waals surface area contributed by atoms with Crippen molar-refractivity contribution in [1.29, 1.82) is 0 Å². The molecular weight excluding hydrogens is 310 g/mol. The molecule has 106 valence electrons. The molecule has 2 unspecified atom stereocenters. The van der Waals surface area contributed by atoms with Crippen LogP contribution in [0.2, 0.25) is 0 Å². The van der Waals surface area contributed by atoms with Gasteiger partial charge in [-0.05, 0) is 20.8 Å². The molecule has 6 heteroatoms. The number of ether oxygens (including phenoxy) is 2. The molecule has 1 aliphatic rings. The van der Waals surface area contributed by atoms with E-state index in [9.17, 15) is 0 Å². The van der Waals surface area contributed by atoms with Gasteiger partial charge in [0.05, 0.1) is 18.8 Å². The van der Waals surface area contributed by atoms with Crippen LogP contribution in [0.5, 0.6) is 5.88 Å². The van der Waals surface area contributed by atoms with E-state index < -0.39 is 0 Å². The summed E-state index contributed by atoms with van der Waals surface area (Å²) in [6.07, 6.45) is 0.386. The number of aryl methyl sites for hydroxylation is 1. The maximum Gasteiger partial charge on any atom is 0.218 e. The van der Waals surface area contributed by atoms with E-state index in [1.807, 2.05) is 19.9 Å². The molecule has 1 aromatic heterocycles. The molecule has 2 heterocycles. The summed E-state index contributed by atoms with van der Waals surface area (Å²) in [7, 11) is 0. The molecule has 19 heavy (non-hydrogen) atoms. The highest BCUT2D eigenvalue weighted by Crippen LogP contribution is 2.22. The lowest BCUT2D eigenvalue weighted by atomic mass is 10.2. The Hall–Kier alpha value is -0.880. The summed E-state index contributed by atoms with van der Waals surface area (Å²) in [5.41, 5.74) is 0. The Kier molecular flexibility index (Phi) is 4.99. The molecule has 0 bridgehead atoms. The van der Waals surface area contributed by atoms with E-state index in [0.29, 0.717) is 12.5 Å². The summed E-state index contributed by atoms with van der Waals surface area (Å²) in [5, 5.41) is 0.830. The first-order chi connectivity index (χ1) is 9.12. The Bertz CT molecular complexity index is 430. The standard InChI is InChI=1S/C13H20BrN3O2/c1-4-18-13-5-12(15-10(3)16-13)17-7-9(2)19-11(6-14)8-17/h5,9,11H,4,6-8H2,1-3H3. The molecule has 0 N–H and O–H groups in total. The van der Waals surface area contributed by atoms with Crippen LogP contribution in [-0.4, -0.2) is 47.2 Å². The van der Waals surface area contributed by atoms with Crippen LogP contribution in [0.15, 0.2) is 6.07 Å². The minimum absolute atomic E-state index is 0.189. The van der Waals surface area contributed by atoms with Crippen molar-refractivity contribution in [3.05, 3.63) is 11.9 Å². The molecule has 1 fully saturated rings. The molecule has 1 saturated heterocycles. The highest BCUT2D eigenvalue weighted by atomic mass is 79.9. The minimum Gasteiger partial charge on any atom is -0.478 e. The van der Waals surface area contributed by atoms with Gasteiger partial charge in [0.15, 0.2) is 0 Å². The van der Waals surface area contributed by atoms with Gasteiger partial charge in [-0.3, -0.25) is 0 Å². The average molecular weight is 330 g/mol. The second-order valence-corrected chi connectivity index (χ2v) is 5.32. The van der Waals surface area contributed by atoms with Crippen LogP contribution in [0.1, 0.15) is 19.7 Å². The molecule has 0 saturated carbocycles. The first-order valence-electron chi connectivity index (χ1n) is 6.57. The Morgan fingerprint density at radius 1 is 1.47 bits per heavy atom. The summed E-state index contributed by atoms with van der Waals surface area (Å²) in [4.78, 5) is 11.0. The summed E-state index contributed by atoms with van der Waals surface area (Å²) >= 11 is 3.48. The van der Waals surface area contributed by atoms with Gasteiger partial charge >= 0.3 is 0 Å². The average Bonchev–Trinajstić information content (AvgIpc) is 2.37. The van der Waals surface area contributed by atoms with Crippen LogP contribution < -0.4 is 9.64 Å². The van der Waals surface area contributed by atoms with E-state index >= 15 is 0 Å². The summed E-state index contributed by atoms with van der Waals surface area (Å²) in [6.45, 7) is 8.20. The number of morpholine rings is 1. The molecule has 1 aromatic rings. The second-order valence-electron chi connectivity index (χ2n) is 4.67.